The molecule has 0 spiro atoms. The number of likely N-dealkylation sites (tertiary alicyclic amines) is 1. The maximum atomic E-state index is 12.7. The average molecular weight is 466 g/mol. The molecule has 4 heterocycles. The molecule has 0 N–H and O–H groups in total. The van der Waals surface area contributed by atoms with Crippen molar-refractivity contribution >= 4 is 5.91 Å². The second-order valence-corrected chi connectivity index (χ2v) is 9.26. The molecule has 9 heteroatoms. The van der Waals surface area contributed by atoms with Crippen molar-refractivity contribution in [2.45, 2.75) is 63.7 Å². The SMILES string of the molecule is Cc1ccc(-c2noc(CCCC(=O)N3CCC(c4nc(C5CCOCC5)no4)CC3)n2)cc1. The van der Waals surface area contributed by atoms with E-state index in [9.17, 15) is 4.79 Å². The fourth-order valence-electron chi connectivity index (χ4n) is 4.64. The summed E-state index contributed by atoms with van der Waals surface area (Å²) < 4.78 is 16.4. The van der Waals surface area contributed by atoms with Gasteiger partial charge >= 0.3 is 0 Å². The van der Waals surface area contributed by atoms with Gasteiger partial charge in [-0.05, 0) is 39.0 Å². The van der Waals surface area contributed by atoms with E-state index >= 15 is 0 Å². The Labute approximate surface area is 198 Å². The third kappa shape index (κ3) is 5.35. The molecule has 0 aliphatic carbocycles. The van der Waals surface area contributed by atoms with Crippen LogP contribution in [-0.4, -0.2) is 57.4 Å². The molecule has 2 fully saturated rings. The summed E-state index contributed by atoms with van der Waals surface area (Å²) in [5.74, 6) is 3.41. The molecular weight excluding hydrogens is 434 g/mol. The number of carbonyl (C=O) groups excluding carboxylic acids is 1. The van der Waals surface area contributed by atoms with Crippen LogP contribution in [0.1, 0.15) is 73.5 Å². The van der Waals surface area contributed by atoms with E-state index in [0.717, 1.165) is 69.3 Å². The number of hydrogen-bond acceptors (Lipinski definition) is 8. The molecule has 1 aromatic carbocycles. The molecule has 3 aromatic rings. The van der Waals surface area contributed by atoms with Crippen LogP contribution in [-0.2, 0) is 16.0 Å². The van der Waals surface area contributed by atoms with Crippen molar-refractivity contribution in [1.29, 1.82) is 0 Å². The van der Waals surface area contributed by atoms with Gasteiger partial charge in [-0.25, -0.2) is 0 Å². The zero-order valence-corrected chi connectivity index (χ0v) is 19.6. The van der Waals surface area contributed by atoms with Crippen LogP contribution >= 0.6 is 0 Å². The van der Waals surface area contributed by atoms with E-state index in [2.05, 4.69) is 20.3 Å². The summed E-state index contributed by atoms with van der Waals surface area (Å²) in [5.41, 5.74) is 2.12. The van der Waals surface area contributed by atoms with Gasteiger partial charge in [0.05, 0.1) is 0 Å². The standard InChI is InChI=1S/C25H31N5O4/c1-17-5-7-18(8-6-17)23-26-21(33-28-23)3-2-4-22(31)30-13-9-20(10-14-30)25-27-24(29-34-25)19-11-15-32-16-12-19/h5-8,19-20H,2-4,9-16H2,1H3. The van der Waals surface area contributed by atoms with Gasteiger partial charge in [0.25, 0.3) is 0 Å². The van der Waals surface area contributed by atoms with Crippen molar-refractivity contribution in [2.24, 2.45) is 0 Å². The molecule has 9 nitrogen and oxygen atoms in total. The minimum Gasteiger partial charge on any atom is -0.381 e. The van der Waals surface area contributed by atoms with Crippen LogP contribution in [0.25, 0.3) is 11.4 Å². The lowest BCUT2D eigenvalue weighted by Crippen LogP contribution is -2.37. The zero-order chi connectivity index (χ0) is 23.3. The van der Waals surface area contributed by atoms with Crippen LogP contribution in [0.4, 0.5) is 0 Å². The third-order valence-electron chi connectivity index (χ3n) is 6.80. The fourth-order valence-corrected chi connectivity index (χ4v) is 4.64. The molecule has 0 bridgehead atoms. The highest BCUT2D eigenvalue weighted by molar-refractivity contribution is 5.76. The Morgan fingerprint density at radius 2 is 1.74 bits per heavy atom. The number of nitrogens with zero attached hydrogens (tertiary/aromatic N) is 5. The molecule has 2 saturated heterocycles. The molecule has 1 amide bonds. The second-order valence-electron chi connectivity index (χ2n) is 9.26. The Morgan fingerprint density at radius 1 is 0.971 bits per heavy atom. The van der Waals surface area contributed by atoms with Crippen molar-refractivity contribution in [3.05, 3.63) is 47.4 Å². The summed E-state index contributed by atoms with van der Waals surface area (Å²) in [6.07, 6.45) is 5.35. The van der Waals surface area contributed by atoms with Gasteiger partial charge in [0.15, 0.2) is 5.82 Å². The number of ether oxygens (including phenoxy) is 1. The van der Waals surface area contributed by atoms with Gasteiger partial charge in [-0.2, -0.15) is 9.97 Å². The summed E-state index contributed by atoms with van der Waals surface area (Å²) in [6.45, 7) is 5.00. The van der Waals surface area contributed by atoms with Gasteiger partial charge in [-0.15, -0.1) is 0 Å². The Balaban J connectivity index is 1.05. The lowest BCUT2D eigenvalue weighted by atomic mass is 9.96. The van der Waals surface area contributed by atoms with E-state index in [-0.39, 0.29) is 11.8 Å². The molecule has 0 unspecified atom stereocenters. The van der Waals surface area contributed by atoms with Crippen LogP contribution in [0.2, 0.25) is 0 Å². The number of piperidine rings is 1. The smallest absolute Gasteiger partial charge is 0.229 e. The van der Waals surface area contributed by atoms with E-state index in [0.29, 0.717) is 36.9 Å². The molecule has 2 aromatic heterocycles. The first kappa shape index (κ1) is 22.7. The van der Waals surface area contributed by atoms with Gasteiger partial charge < -0.3 is 18.7 Å². The highest BCUT2D eigenvalue weighted by Gasteiger charge is 2.29. The number of amides is 1. The lowest BCUT2D eigenvalue weighted by Gasteiger charge is -2.30. The van der Waals surface area contributed by atoms with Crippen molar-refractivity contribution in [1.82, 2.24) is 25.2 Å². The summed E-state index contributed by atoms with van der Waals surface area (Å²) in [6, 6.07) is 8.02. The maximum Gasteiger partial charge on any atom is 0.229 e. The Morgan fingerprint density at radius 3 is 2.50 bits per heavy atom. The van der Waals surface area contributed by atoms with Crippen LogP contribution in [0.15, 0.2) is 33.3 Å². The van der Waals surface area contributed by atoms with Crippen molar-refractivity contribution < 1.29 is 18.6 Å². The minimum atomic E-state index is 0.171. The van der Waals surface area contributed by atoms with Crippen LogP contribution in [0, 0.1) is 6.92 Å². The number of aryl methyl sites for hydroxylation is 2. The normalized spacial score (nSPS) is 17.9. The quantitative estimate of drug-likeness (QED) is 0.514. The largest absolute Gasteiger partial charge is 0.381 e. The summed E-state index contributed by atoms with van der Waals surface area (Å²) >= 11 is 0. The monoisotopic (exact) mass is 465 g/mol. The Hall–Kier alpha value is -3.07. The molecule has 2 aliphatic heterocycles. The minimum absolute atomic E-state index is 0.171. The van der Waals surface area contributed by atoms with Gasteiger partial charge in [0.2, 0.25) is 23.5 Å². The molecule has 0 atom stereocenters. The summed E-state index contributed by atoms with van der Waals surface area (Å²) in [7, 11) is 0. The molecule has 34 heavy (non-hydrogen) atoms. The van der Waals surface area contributed by atoms with Crippen LogP contribution < -0.4 is 0 Å². The van der Waals surface area contributed by atoms with Gasteiger partial charge in [-0.1, -0.05) is 40.1 Å². The van der Waals surface area contributed by atoms with Crippen LogP contribution in [0.5, 0.6) is 0 Å². The van der Waals surface area contributed by atoms with Gasteiger partial charge in [0, 0.05) is 56.5 Å². The van der Waals surface area contributed by atoms with E-state index < -0.39 is 0 Å². The van der Waals surface area contributed by atoms with Crippen molar-refractivity contribution in [2.75, 3.05) is 26.3 Å². The van der Waals surface area contributed by atoms with Crippen molar-refractivity contribution in [3.8, 4) is 11.4 Å². The van der Waals surface area contributed by atoms with Gasteiger partial charge in [0.1, 0.15) is 0 Å². The second kappa shape index (κ2) is 10.5. The number of benzene rings is 1. The first-order valence-corrected chi connectivity index (χ1v) is 12.2. The Kier molecular flexibility index (Phi) is 6.99. The molecule has 2 aliphatic rings. The number of rotatable bonds is 7. The molecule has 0 radical (unpaired) electrons. The lowest BCUT2D eigenvalue weighted by molar-refractivity contribution is -0.132. The maximum absolute atomic E-state index is 12.7. The molecule has 0 saturated carbocycles. The predicted molar refractivity (Wildman–Crippen MR) is 123 cm³/mol. The number of aromatic nitrogens is 4. The molecular formula is C25H31N5O4. The Bertz CT molecular complexity index is 1080. The highest BCUT2D eigenvalue weighted by Crippen LogP contribution is 2.30. The number of hydrogen-bond donors (Lipinski definition) is 0. The number of carbonyl (C=O) groups is 1. The predicted octanol–water partition coefficient (Wildman–Crippen LogP) is 4.05. The molecule has 180 valence electrons. The van der Waals surface area contributed by atoms with E-state index in [1.165, 1.54) is 5.56 Å². The molecule has 5 rings (SSSR count). The van der Waals surface area contributed by atoms with Gasteiger partial charge in [-0.3, -0.25) is 4.79 Å². The third-order valence-corrected chi connectivity index (χ3v) is 6.80. The first-order valence-electron chi connectivity index (χ1n) is 12.2. The topological polar surface area (TPSA) is 107 Å². The summed E-state index contributed by atoms with van der Waals surface area (Å²) in [5, 5.41) is 8.29. The van der Waals surface area contributed by atoms with E-state index in [1.807, 2.05) is 36.1 Å². The highest BCUT2D eigenvalue weighted by atomic mass is 16.5. The fraction of sp³-hybridized carbons (Fsp3) is 0.560. The zero-order valence-electron chi connectivity index (χ0n) is 19.6. The van der Waals surface area contributed by atoms with Crippen LogP contribution in [0.3, 0.4) is 0 Å². The van der Waals surface area contributed by atoms with E-state index in [1.54, 1.807) is 0 Å². The average Bonchev–Trinajstić information content (AvgIpc) is 3.56. The summed E-state index contributed by atoms with van der Waals surface area (Å²) in [4.78, 5) is 23.8. The van der Waals surface area contributed by atoms with Crippen molar-refractivity contribution in [3.63, 3.8) is 0 Å². The first-order chi connectivity index (χ1) is 16.7. The van der Waals surface area contributed by atoms with E-state index in [4.69, 9.17) is 13.8 Å².